The predicted molar refractivity (Wildman–Crippen MR) is 47.1 cm³/mol. The summed E-state index contributed by atoms with van der Waals surface area (Å²) in [5.41, 5.74) is 0.993. The fourth-order valence-electron chi connectivity index (χ4n) is 0.430. The first kappa shape index (κ1) is 11.7. The summed E-state index contributed by atoms with van der Waals surface area (Å²) in [6.45, 7) is 6.14. The van der Waals surface area contributed by atoms with E-state index in [-0.39, 0.29) is 0 Å². The lowest BCUT2D eigenvalue weighted by molar-refractivity contribution is 0.871. The highest BCUT2D eigenvalue weighted by molar-refractivity contribution is 5.29. The van der Waals surface area contributed by atoms with Crippen LogP contribution in [0.5, 0.6) is 0 Å². The third kappa shape index (κ3) is 6.93. The van der Waals surface area contributed by atoms with Gasteiger partial charge in [0.25, 0.3) is 0 Å². The number of likely N-dealkylation sites (N-methyl/N-ethyl adjacent to an activating group) is 1. The molecule has 56 valence electrons. The van der Waals surface area contributed by atoms with Crippen molar-refractivity contribution in [1.82, 2.24) is 5.32 Å². The molecular weight excluding hydrogens is 124 g/mol. The molecule has 0 saturated heterocycles. The number of hydrogen-bond donors (Lipinski definition) is 1. The number of rotatable bonds is 3. The number of nitrogens with one attached hydrogen (secondary N) is 1. The number of hydrogen-bond acceptors (Lipinski definition) is 2. The zero-order valence-corrected chi connectivity index (χ0v) is 6.59. The molecule has 0 aliphatic carbocycles. The molecular formula is C8H14N2. The molecule has 10 heavy (non-hydrogen) atoms. The van der Waals surface area contributed by atoms with Crippen LogP contribution in [-0.2, 0) is 0 Å². The van der Waals surface area contributed by atoms with Gasteiger partial charge in [0.2, 0.25) is 0 Å². The average molecular weight is 138 g/mol. The van der Waals surface area contributed by atoms with Gasteiger partial charge in [0, 0.05) is 12.2 Å². The molecule has 0 unspecified atom stereocenters. The maximum absolute atomic E-state index is 4.00. The molecule has 0 aromatic heterocycles. The van der Waals surface area contributed by atoms with Crippen molar-refractivity contribution < 1.29 is 0 Å². The Hall–Kier alpha value is -1.07. The highest BCUT2D eigenvalue weighted by atomic mass is 14.9. The van der Waals surface area contributed by atoms with E-state index in [1.807, 2.05) is 20.0 Å². The smallest absolute Gasteiger partial charge is 0.0491 e. The quantitative estimate of drug-likeness (QED) is 0.457. The standard InChI is InChI=1S/C6H12N2.C2H2/c1-4-6(8-3)5-7-2;1-2/h4,7H,3,5H2,1-2H3;1-2H/b6-4-;. The van der Waals surface area contributed by atoms with Crippen molar-refractivity contribution in [3.05, 3.63) is 11.8 Å². The summed E-state index contributed by atoms with van der Waals surface area (Å²) in [6, 6.07) is 0. The van der Waals surface area contributed by atoms with E-state index >= 15 is 0 Å². The van der Waals surface area contributed by atoms with Crippen LogP contribution >= 0.6 is 0 Å². The Morgan fingerprint density at radius 2 is 2.20 bits per heavy atom. The molecule has 0 aromatic carbocycles. The van der Waals surface area contributed by atoms with Gasteiger partial charge in [0.15, 0.2) is 0 Å². The Balaban J connectivity index is 0. The molecule has 0 atom stereocenters. The van der Waals surface area contributed by atoms with Gasteiger partial charge in [0.05, 0.1) is 0 Å². The average Bonchev–Trinajstić information content (AvgIpc) is 2.04. The van der Waals surface area contributed by atoms with Crippen LogP contribution in [0.25, 0.3) is 0 Å². The molecule has 0 heterocycles. The van der Waals surface area contributed by atoms with E-state index in [1.165, 1.54) is 0 Å². The van der Waals surface area contributed by atoms with Gasteiger partial charge in [0.1, 0.15) is 0 Å². The van der Waals surface area contributed by atoms with E-state index in [4.69, 9.17) is 0 Å². The zero-order valence-electron chi connectivity index (χ0n) is 6.59. The van der Waals surface area contributed by atoms with E-state index in [9.17, 15) is 0 Å². The second kappa shape index (κ2) is 10.8. The number of terminal acetylenes is 1. The lowest BCUT2D eigenvalue weighted by Crippen LogP contribution is -2.08. The monoisotopic (exact) mass is 138 g/mol. The van der Waals surface area contributed by atoms with Crippen LogP contribution in [0.2, 0.25) is 0 Å². The van der Waals surface area contributed by atoms with Crippen LogP contribution in [0.3, 0.4) is 0 Å². The van der Waals surface area contributed by atoms with E-state index in [2.05, 4.69) is 29.9 Å². The van der Waals surface area contributed by atoms with Crippen LogP contribution in [0.1, 0.15) is 6.92 Å². The highest BCUT2D eigenvalue weighted by Crippen LogP contribution is 1.89. The lowest BCUT2D eigenvalue weighted by atomic mass is 10.4. The van der Waals surface area contributed by atoms with E-state index < -0.39 is 0 Å². The molecule has 0 aromatic rings. The zero-order chi connectivity index (χ0) is 8.41. The summed E-state index contributed by atoms with van der Waals surface area (Å²) in [5.74, 6) is 0. The molecule has 1 N–H and O–H groups in total. The summed E-state index contributed by atoms with van der Waals surface area (Å²) in [7, 11) is 1.88. The van der Waals surface area contributed by atoms with Crippen molar-refractivity contribution >= 4 is 6.72 Å². The summed E-state index contributed by atoms with van der Waals surface area (Å²) < 4.78 is 0. The first-order valence-electron chi connectivity index (χ1n) is 2.95. The van der Waals surface area contributed by atoms with Crippen molar-refractivity contribution in [2.45, 2.75) is 6.92 Å². The molecule has 0 rings (SSSR count). The summed E-state index contributed by atoms with van der Waals surface area (Å²) in [4.78, 5) is 3.74. The summed E-state index contributed by atoms with van der Waals surface area (Å²) >= 11 is 0. The maximum atomic E-state index is 4.00. The molecule has 0 bridgehead atoms. The number of aliphatic imine (C=N–C) groups is 1. The van der Waals surface area contributed by atoms with Gasteiger partial charge in [-0.2, -0.15) is 0 Å². The molecule has 0 aliphatic heterocycles. The predicted octanol–water partition coefficient (Wildman–Crippen LogP) is 1.06. The molecule has 0 fully saturated rings. The van der Waals surface area contributed by atoms with Gasteiger partial charge in [-0.1, -0.05) is 6.08 Å². The minimum Gasteiger partial charge on any atom is -0.314 e. The fraction of sp³-hybridized carbons (Fsp3) is 0.375. The normalized spacial score (nSPS) is 9.40. The highest BCUT2D eigenvalue weighted by Gasteiger charge is 1.83. The Bertz CT molecular complexity index is 122. The second-order valence-corrected chi connectivity index (χ2v) is 1.47. The minimum absolute atomic E-state index is 0.806. The second-order valence-electron chi connectivity index (χ2n) is 1.47. The van der Waals surface area contributed by atoms with Gasteiger partial charge < -0.3 is 5.32 Å². The topological polar surface area (TPSA) is 24.4 Å². The number of allylic oxidation sites excluding steroid dienone is 1. The van der Waals surface area contributed by atoms with Crippen molar-refractivity contribution in [3.63, 3.8) is 0 Å². The number of nitrogens with zero attached hydrogens (tertiary/aromatic N) is 1. The van der Waals surface area contributed by atoms with Crippen molar-refractivity contribution in [3.8, 4) is 12.8 Å². The summed E-state index contributed by atoms with van der Waals surface area (Å²) in [5, 5.41) is 2.97. The van der Waals surface area contributed by atoms with Crippen LogP contribution in [-0.4, -0.2) is 20.3 Å². The lowest BCUT2D eigenvalue weighted by Gasteiger charge is -1.94. The van der Waals surface area contributed by atoms with Gasteiger partial charge in [-0.15, -0.1) is 12.8 Å². The van der Waals surface area contributed by atoms with Crippen LogP contribution < -0.4 is 5.32 Å². The Labute approximate surface area is 63.1 Å². The van der Waals surface area contributed by atoms with Crippen LogP contribution in [0, 0.1) is 12.8 Å². The molecule has 2 nitrogen and oxygen atoms in total. The van der Waals surface area contributed by atoms with Crippen molar-refractivity contribution in [1.29, 1.82) is 0 Å². The van der Waals surface area contributed by atoms with Gasteiger partial charge >= 0.3 is 0 Å². The maximum Gasteiger partial charge on any atom is 0.0491 e. The Morgan fingerprint density at radius 3 is 2.30 bits per heavy atom. The van der Waals surface area contributed by atoms with E-state index in [0.717, 1.165) is 12.2 Å². The Morgan fingerprint density at radius 1 is 1.70 bits per heavy atom. The van der Waals surface area contributed by atoms with Gasteiger partial charge in [-0.3, -0.25) is 4.99 Å². The largest absolute Gasteiger partial charge is 0.314 e. The first-order valence-corrected chi connectivity index (χ1v) is 2.95. The molecule has 0 amide bonds. The summed E-state index contributed by atoms with van der Waals surface area (Å²) in [6.07, 6.45) is 9.93. The fourth-order valence-corrected chi connectivity index (χ4v) is 0.430. The third-order valence-electron chi connectivity index (χ3n) is 0.894. The van der Waals surface area contributed by atoms with Gasteiger partial charge in [-0.25, -0.2) is 0 Å². The van der Waals surface area contributed by atoms with Crippen LogP contribution in [0.4, 0.5) is 0 Å². The minimum atomic E-state index is 0.806. The molecule has 0 radical (unpaired) electrons. The van der Waals surface area contributed by atoms with Crippen LogP contribution in [0.15, 0.2) is 16.8 Å². The molecule has 2 heteroatoms. The van der Waals surface area contributed by atoms with Crippen molar-refractivity contribution in [2.24, 2.45) is 4.99 Å². The molecule has 0 spiro atoms. The first-order chi connectivity index (χ1) is 4.85. The van der Waals surface area contributed by atoms with Crippen molar-refractivity contribution in [2.75, 3.05) is 13.6 Å². The van der Waals surface area contributed by atoms with E-state index in [1.54, 1.807) is 0 Å². The van der Waals surface area contributed by atoms with Gasteiger partial charge in [-0.05, 0) is 20.7 Å². The SMILES string of the molecule is C#C.C=N/C(=C\C)CNC. The molecule has 0 aliphatic rings. The van der Waals surface area contributed by atoms with E-state index in [0.29, 0.717) is 0 Å². The Kier molecular flexibility index (Phi) is 12.7. The molecule has 0 saturated carbocycles. The third-order valence-corrected chi connectivity index (χ3v) is 0.894.